The molecule has 3 amide bonds. The summed E-state index contributed by atoms with van der Waals surface area (Å²) in [5.41, 5.74) is 0.191. The molecule has 1 saturated heterocycles. The van der Waals surface area contributed by atoms with E-state index in [0.717, 1.165) is 25.7 Å². The minimum atomic E-state index is -0.538. The Morgan fingerprint density at radius 1 is 1.29 bits per heavy atom. The molecule has 3 rings (SSSR count). The number of methoxy groups -OCH3 is 2. The highest BCUT2D eigenvalue weighted by molar-refractivity contribution is 5.91. The molecule has 0 aromatic heterocycles. The quantitative estimate of drug-likeness (QED) is 0.728. The monoisotopic (exact) mass is 393 g/mol. The van der Waals surface area contributed by atoms with Gasteiger partial charge in [0.1, 0.15) is 0 Å². The summed E-state index contributed by atoms with van der Waals surface area (Å²) in [4.78, 5) is 27.2. The molecule has 1 aromatic rings. The molecular formula is C20H28FN3O4. The molecule has 2 N–H and O–H groups in total. The summed E-state index contributed by atoms with van der Waals surface area (Å²) in [6, 6.07) is 3.98. The fraction of sp³-hybridized carbons (Fsp3) is 0.600. The number of halogens is 1. The molecule has 1 aromatic carbocycles. The van der Waals surface area contributed by atoms with Crippen LogP contribution in [-0.4, -0.2) is 57.3 Å². The van der Waals surface area contributed by atoms with Crippen LogP contribution in [0.1, 0.15) is 25.7 Å². The predicted molar refractivity (Wildman–Crippen MR) is 103 cm³/mol. The van der Waals surface area contributed by atoms with Crippen molar-refractivity contribution in [1.82, 2.24) is 10.2 Å². The van der Waals surface area contributed by atoms with Crippen molar-refractivity contribution in [1.29, 1.82) is 0 Å². The molecule has 1 atom stereocenters. The zero-order chi connectivity index (χ0) is 20.1. The van der Waals surface area contributed by atoms with Gasteiger partial charge in [-0.3, -0.25) is 4.79 Å². The van der Waals surface area contributed by atoms with Crippen LogP contribution in [0, 0.1) is 17.2 Å². The molecule has 7 nitrogen and oxygen atoms in total. The summed E-state index contributed by atoms with van der Waals surface area (Å²) in [6.45, 7) is 1.82. The number of hydrogen-bond acceptors (Lipinski definition) is 4. The maximum absolute atomic E-state index is 13.9. The molecule has 28 heavy (non-hydrogen) atoms. The van der Waals surface area contributed by atoms with E-state index < -0.39 is 5.82 Å². The van der Waals surface area contributed by atoms with Crippen LogP contribution in [0.5, 0.6) is 5.75 Å². The topological polar surface area (TPSA) is 79.9 Å². The average molecular weight is 393 g/mol. The SMILES string of the molecule is COCCNC(=O)C1CN(C(=O)Nc2ccc(OC)c(F)c2)CC12CCCC2. The van der Waals surface area contributed by atoms with Crippen molar-refractivity contribution in [2.75, 3.05) is 45.8 Å². The van der Waals surface area contributed by atoms with Crippen LogP contribution in [0.3, 0.4) is 0 Å². The van der Waals surface area contributed by atoms with E-state index in [2.05, 4.69) is 10.6 Å². The Balaban J connectivity index is 1.68. The third kappa shape index (κ3) is 4.22. The van der Waals surface area contributed by atoms with Crippen LogP contribution in [0.25, 0.3) is 0 Å². The number of hydrogen-bond donors (Lipinski definition) is 2. The van der Waals surface area contributed by atoms with E-state index in [1.54, 1.807) is 18.1 Å². The Kier molecular flexibility index (Phi) is 6.39. The van der Waals surface area contributed by atoms with Crippen molar-refractivity contribution in [2.45, 2.75) is 25.7 Å². The lowest BCUT2D eigenvalue weighted by molar-refractivity contribution is -0.127. The molecule has 154 valence electrons. The van der Waals surface area contributed by atoms with Gasteiger partial charge in [-0.2, -0.15) is 0 Å². The van der Waals surface area contributed by atoms with Crippen LogP contribution < -0.4 is 15.4 Å². The number of carbonyl (C=O) groups is 2. The molecule has 1 aliphatic heterocycles. The lowest BCUT2D eigenvalue weighted by atomic mass is 9.76. The first kappa shape index (κ1) is 20.4. The number of rotatable bonds is 6. The van der Waals surface area contributed by atoms with Gasteiger partial charge in [-0.25, -0.2) is 9.18 Å². The van der Waals surface area contributed by atoms with Gasteiger partial charge in [0.15, 0.2) is 11.6 Å². The lowest BCUT2D eigenvalue weighted by Crippen LogP contribution is -2.41. The molecule has 1 unspecified atom stereocenters. The number of carbonyl (C=O) groups excluding carboxylic acids is 2. The van der Waals surface area contributed by atoms with Gasteiger partial charge < -0.3 is 25.0 Å². The molecule has 0 bridgehead atoms. The van der Waals surface area contributed by atoms with E-state index in [4.69, 9.17) is 9.47 Å². The van der Waals surface area contributed by atoms with Crippen molar-refractivity contribution in [3.8, 4) is 5.75 Å². The van der Waals surface area contributed by atoms with E-state index in [0.29, 0.717) is 31.9 Å². The van der Waals surface area contributed by atoms with Gasteiger partial charge in [0.05, 0.1) is 19.6 Å². The molecule has 1 saturated carbocycles. The standard InChI is InChI=1S/C20H28FN3O4/c1-27-10-9-22-18(25)15-12-24(13-20(15)7-3-4-8-20)19(26)23-14-5-6-17(28-2)16(21)11-14/h5-6,11,15H,3-4,7-10,12-13H2,1-2H3,(H,22,25)(H,23,26). The molecule has 8 heteroatoms. The first-order valence-electron chi connectivity index (χ1n) is 9.65. The number of likely N-dealkylation sites (tertiary alicyclic amines) is 1. The normalized spacial score (nSPS) is 20.4. The van der Waals surface area contributed by atoms with Crippen molar-refractivity contribution in [3.05, 3.63) is 24.0 Å². The fourth-order valence-corrected chi connectivity index (χ4v) is 4.42. The zero-order valence-corrected chi connectivity index (χ0v) is 16.4. The molecule has 2 aliphatic rings. The van der Waals surface area contributed by atoms with E-state index >= 15 is 0 Å². The van der Waals surface area contributed by atoms with Crippen LogP contribution in [0.4, 0.5) is 14.9 Å². The average Bonchev–Trinajstić information content (AvgIpc) is 3.30. The predicted octanol–water partition coefficient (Wildman–Crippen LogP) is 2.62. The molecule has 1 spiro atoms. The second kappa shape index (κ2) is 8.77. The number of benzene rings is 1. The van der Waals surface area contributed by atoms with E-state index in [-0.39, 0.29) is 29.0 Å². The van der Waals surface area contributed by atoms with E-state index in [1.807, 2.05) is 0 Å². The molecule has 1 heterocycles. The lowest BCUT2D eigenvalue weighted by Gasteiger charge is -2.28. The molecule has 1 aliphatic carbocycles. The van der Waals surface area contributed by atoms with E-state index in [9.17, 15) is 14.0 Å². The van der Waals surface area contributed by atoms with Crippen LogP contribution >= 0.6 is 0 Å². The summed E-state index contributed by atoms with van der Waals surface area (Å²) in [5, 5.41) is 5.65. The minimum absolute atomic E-state index is 0.0234. The smallest absolute Gasteiger partial charge is 0.321 e. The van der Waals surface area contributed by atoms with Gasteiger partial charge in [0.25, 0.3) is 0 Å². The Bertz CT molecular complexity index is 721. The molecule has 0 radical (unpaired) electrons. The summed E-state index contributed by atoms with van der Waals surface area (Å²) in [7, 11) is 2.98. The highest BCUT2D eigenvalue weighted by Crippen LogP contribution is 2.49. The minimum Gasteiger partial charge on any atom is -0.494 e. The van der Waals surface area contributed by atoms with Gasteiger partial charge in [-0.1, -0.05) is 12.8 Å². The summed E-state index contributed by atoms with van der Waals surface area (Å²) < 4.78 is 23.8. The first-order chi connectivity index (χ1) is 13.5. The Morgan fingerprint density at radius 2 is 2.04 bits per heavy atom. The number of urea groups is 1. The van der Waals surface area contributed by atoms with Crippen LogP contribution in [0.15, 0.2) is 18.2 Å². The summed E-state index contributed by atoms with van der Waals surface area (Å²) in [6.07, 6.45) is 4.02. The summed E-state index contributed by atoms with van der Waals surface area (Å²) in [5.74, 6) is -0.670. The Labute approximate surface area is 164 Å². The largest absolute Gasteiger partial charge is 0.494 e. The number of anilines is 1. The maximum Gasteiger partial charge on any atom is 0.321 e. The molecular weight excluding hydrogens is 365 g/mol. The van der Waals surface area contributed by atoms with Crippen molar-refractivity contribution in [2.24, 2.45) is 11.3 Å². The fourth-order valence-electron chi connectivity index (χ4n) is 4.42. The zero-order valence-electron chi connectivity index (χ0n) is 16.4. The number of nitrogens with one attached hydrogen (secondary N) is 2. The number of amides is 3. The highest BCUT2D eigenvalue weighted by atomic mass is 19.1. The Morgan fingerprint density at radius 3 is 2.68 bits per heavy atom. The second-order valence-corrected chi connectivity index (χ2v) is 7.57. The third-order valence-electron chi connectivity index (χ3n) is 5.86. The van der Waals surface area contributed by atoms with Gasteiger partial charge in [0.2, 0.25) is 5.91 Å². The van der Waals surface area contributed by atoms with Crippen molar-refractivity contribution >= 4 is 17.6 Å². The van der Waals surface area contributed by atoms with Gasteiger partial charge in [-0.15, -0.1) is 0 Å². The molecule has 2 fully saturated rings. The Hall–Kier alpha value is -2.35. The van der Waals surface area contributed by atoms with Crippen LogP contribution in [0.2, 0.25) is 0 Å². The first-order valence-corrected chi connectivity index (χ1v) is 9.65. The van der Waals surface area contributed by atoms with Crippen molar-refractivity contribution < 1.29 is 23.5 Å². The number of ether oxygens (including phenoxy) is 2. The van der Waals surface area contributed by atoms with Crippen LogP contribution in [-0.2, 0) is 9.53 Å². The maximum atomic E-state index is 13.9. The highest BCUT2D eigenvalue weighted by Gasteiger charge is 2.52. The van der Waals surface area contributed by atoms with Gasteiger partial charge in [0, 0.05) is 43.9 Å². The third-order valence-corrected chi connectivity index (χ3v) is 5.86. The van der Waals surface area contributed by atoms with Gasteiger partial charge >= 0.3 is 6.03 Å². The van der Waals surface area contributed by atoms with E-state index in [1.165, 1.54) is 19.2 Å². The second-order valence-electron chi connectivity index (χ2n) is 7.57. The number of nitrogens with zero attached hydrogens (tertiary/aromatic N) is 1. The van der Waals surface area contributed by atoms with Crippen molar-refractivity contribution in [3.63, 3.8) is 0 Å². The summed E-state index contributed by atoms with van der Waals surface area (Å²) >= 11 is 0. The van der Waals surface area contributed by atoms with Gasteiger partial charge in [-0.05, 0) is 25.0 Å².